The fraction of sp³-hybridized carbons (Fsp3) is 0.333. The number of nitrogens with zero attached hydrogens (tertiary/aromatic N) is 3. The van der Waals surface area contributed by atoms with Crippen LogP contribution >= 0.6 is 11.6 Å². The average molecular weight is 421 g/mol. The second-order valence-corrected chi connectivity index (χ2v) is 8.87. The molecular formula is C24H25ClN4O. The lowest BCUT2D eigenvalue weighted by atomic mass is 10.0. The van der Waals surface area contributed by atoms with E-state index in [1.807, 2.05) is 29.2 Å². The van der Waals surface area contributed by atoms with Crippen LogP contribution in [0.2, 0.25) is 5.02 Å². The van der Waals surface area contributed by atoms with Crippen molar-refractivity contribution in [3.05, 3.63) is 71.0 Å². The summed E-state index contributed by atoms with van der Waals surface area (Å²) in [5.41, 5.74) is 4.23. The molecule has 1 aromatic carbocycles. The molecule has 2 fully saturated rings. The van der Waals surface area contributed by atoms with Crippen molar-refractivity contribution in [1.82, 2.24) is 9.88 Å². The third-order valence-corrected chi connectivity index (χ3v) is 6.71. The molecule has 2 atom stereocenters. The zero-order chi connectivity index (χ0) is 20.7. The summed E-state index contributed by atoms with van der Waals surface area (Å²) in [6.45, 7) is 7.49. The first-order valence-electron chi connectivity index (χ1n) is 10.5. The highest BCUT2D eigenvalue weighted by Crippen LogP contribution is 2.36. The summed E-state index contributed by atoms with van der Waals surface area (Å²) in [6.07, 6.45) is 7.22. The molecule has 0 radical (unpaired) electrons. The Hall–Kier alpha value is -2.79. The number of nitrogens with one attached hydrogen (secondary N) is 1. The Bertz CT molecular complexity index is 1020. The molecule has 0 bridgehead atoms. The first kappa shape index (κ1) is 19.2. The summed E-state index contributed by atoms with van der Waals surface area (Å²) in [5, 5.41) is 4.02. The van der Waals surface area contributed by atoms with Crippen molar-refractivity contribution in [3.8, 4) is 0 Å². The maximum atomic E-state index is 12.7. The number of anilines is 2. The summed E-state index contributed by atoms with van der Waals surface area (Å²) < 4.78 is 0. The number of aromatic nitrogens is 1. The molecule has 0 spiro atoms. The molecule has 30 heavy (non-hydrogen) atoms. The van der Waals surface area contributed by atoms with Crippen molar-refractivity contribution >= 4 is 35.1 Å². The van der Waals surface area contributed by atoms with E-state index in [-0.39, 0.29) is 5.91 Å². The molecule has 1 amide bonds. The van der Waals surface area contributed by atoms with Crippen molar-refractivity contribution in [2.45, 2.75) is 12.8 Å². The standard InChI is InChI=1S/C24H25ClN4O/c1-16-6-8-18-10-17(11-26-24(18)27-16)7-9-23(30)29-14-19-12-28(13-20(19)15-29)22-5-3-2-4-21(22)25/h2-5,7,9-11,19-20H,1,6,8,12-15H2,(H,26,27)/b9-7+/t19-,20+. The number of allylic oxidation sites excluding steroid dienone is 1. The van der Waals surface area contributed by atoms with E-state index in [1.54, 1.807) is 12.3 Å². The number of pyridine rings is 1. The van der Waals surface area contributed by atoms with Crippen LogP contribution in [0.1, 0.15) is 17.5 Å². The van der Waals surface area contributed by atoms with E-state index < -0.39 is 0 Å². The SMILES string of the molecule is C=C1CCc2cc(/C=C/C(=O)N3C[C@@H]4CN(c5ccccc5Cl)C[C@@H]4C3)cnc2N1. The summed E-state index contributed by atoms with van der Waals surface area (Å²) in [6, 6.07) is 10.1. The predicted octanol–water partition coefficient (Wildman–Crippen LogP) is 4.21. The van der Waals surface area contributed by atoms with E-state index in [1.165, 1.54) is 5.56 Å². The number of hydrogen-bond donors (Lipinski definition) is 1. The van der Waals surface area contributed by atoms with Crippen molar-refractivity contribution in [2.24, 2.45) is 11.8 Å². The zero-order valence-electron chi connectivity index (χ0n) is 16.9. The first-order valence-corrected chi connectivity index (χ1v) is 10.8. The lowest BCUT2D eigenvalue weighted by Gasteiger charge is -2.23. The minimum Gasteiger partial charge on any atom is -0.370 e. The third-order valence-electron chi connectivity index (χ3n) is 6.39. The second kappa shape index (κ2) is 7.80. The highest BCUT2D eigenvalue weighted by atomic mass is 35.5. The number of likely N-dealkylation sites (tertiary alicyclic amines) is 1. The van der Waals surface area contributed by atoms with Crippen molar-refractivity contribution in [3.63, 3.8) is 0 Å². The Balaban J connectivity index is 1.20. The van der Waals surface area contributed by atoms with Gasteiger partial charge in [0.05, 0.1) is 10.7 Å². The van der Waals surface area contributed by atoms with E-state index in [4.69, 9.17) is 11.6 Å². The minimum atomic E-state index is 0.0814. The van der Waals surface area contributed by atoms with Gasteiger partial charge in [-0.2, -0.15) is 0 Å². The molecule has 3 aliphatic heterocycles. The number of amides is 1. The number of hydrogen-bond acceptors (Lipinski definition) is 4. The predicted molar refractivity (Wildman–Crippen MR) is 122 cm³/mol. The second-order valence-electron chi connectivity index (χ2n) is 8.46. The van der Waals surface area contributed by atoms with Gasteiger partial charge in [0.25, 0.3) is 0 Å². The molecule has 1 aromatic heterocycles. The Morgan fingerprint density at radius 3 is 2.70 bits per heavy atom. The van der Waals surface area contributed by atoms with Crippen LogP contribution in [-0.4, -0.2) is 42.0 Å². The molecule has 0 aliphatic carbocycles. The zero-order valence-corrected chi connectivity index (χ0v) is 17.6. The van der Waals surface area contributed by atoms with Gasteiger partial charge >= 0.3 is 0 Å². The lowest BCUT2D eigenvalue weighted by Crippen LogP contribution is -2.32. The van der Waals surface area contributed by atoms with Crippen LogP contribution in [0.4, 0.5) is 11.5 Å². The van der Waals surface area contributed by atoms with Crippen molar-refractivity contribution in [1.29, 1.82) is 0 Å². The fourth-order valence-electron chi connectivity index (χ4n) is 4.79. The van der Waals surface area contributed by atoms with Crippen LogP contribution in [0.5, 0.6) is 0 Å². The van der Waals surface area contributed by atoms with Gasteiger partial charge < -0.3 is 15.1 Å². The summed E-state index contributed by atoms with van der Waals surface area (Å²) in [7, 11) is 0. The van der Waals surface area contributed by atoms with Crippen LogP contribution in [0.3, 0.4) is 0 Å². The lowest BCUT2D eigenvalue weighted by molar-refractivity contribution is -0.125. The molecule has 3 aliphatic rings. The molecule has 0 saturated carbocycles. The molecule has 2 aromatic rings. The van der Waals surface area contributed by atoms with Crippen LogP contribution in [0.15, 0.2) is 54.9 Å². The van der Waals surface area contributed by atoms with Crippen LogP contribution in [0, 0.1) is 11.8 Å². The molecule has 6 heteroatoms. The van der Waals surface area contributed by atoms with Gasteiger partial charge in [-0.1, -0.05) is 30.3 Å². The number of rotatable bonds is 3. The van der Waals surface area contributed by atoms with Gasteiger partial charge in [-0.25, -0.2) is 4.98 Å². The molecular weight excluding hydrogens is 396 g/mol. The van der Waals surface area contributed by atoms with Gasteiger partial charge in [0.1, 0.15) is 5.82 Å². The Morgan fingerprint density at radius 1 is 1.17 bits per heavy atom. The molecule has 1 N–H and O–H groups in total. The maximum absolute atomic E-state index is 12.7. The molecule has 5 nitrogen and oxygen atoms in total. The fourth-order valence-corrected chi connectivity index (χ4v) is 5.04. The van der Waals surface area contributed by atoms with E-state index in [2.05, 4.69) is 33.9 Å². The van der Waals surface area contributed by atoms with E-state index in [9.17, 15) is 4.79 Å². The number of halogens is 1. The number of fused-ring (bicyclic) bond motifs is 2. The highest BCUT2D eigenvalue weighted by molar-refractivity contribution is 6.33. The maximum Gasteiger partial charge on any atom is 0.246 e. The molecule has 2 saturated heterocycles. The van der Waals surface area contributed by atoms with Gasteiger partial charge in [-0.05, 0) is 48.2 Å². The van der Waals surface area contributed by atoms with Gasteiger partial charge in [0.2, 0.25) is 5.91 Å². The minimum absolute atomic E-state index is 0.0814. The number of benzene rings is 1. The molecule has 0 unspecified atom stereocenters. The van der Waals surface area contributed by atoms with Gasteiger partial charge in [-0.3, -0.25) is 4.79 Å². The van der Waals surface area contributed by atoms with E-state index in [0.29, 0.717) is 11.8 Å². The van der Waals surface area contributed by atoms with Crippen molar-refractivity contribution in [2.75, 3.05) is 36.4 Å². The normalized spacial score (nSPS) is 22.9. The van der Waals surface area contributed by atoms with Crippen LogP contribution in [0.25, 0.3) is 6.08 Å². The number of carbonyl (C=O) groups excluding carboxylic acids is 1. The largest absolute Gasteiger partial charge is 0.370 e. The summed E-state index contributed by atoms with van der Waals surface area (Å²) in [4.78, 5) is 21.6. The third kappa shape index (κ3) is 3.70. The van der Waals surface area contributed by atoms with Gasteiger partial charge in [-0.15, -0.1) is 0 Å². The van der Waals surface area contributed by atoms with E-state index >= 15 is 0 Å². The van der Waals surface area contributed by atoms with Crippen LogP contribution in [-0.2, 0) is 11.2 Å². The quantitative estimate of drug-likeness (QED) is 0.755. The highest BCUT2D eigenvalue weighted by Gasteiger charge is 2.41. The number of para-hydroxylation sites is 1. The van der Waals surface area contributed by atoms with Crippen LogP contribution < -0.4 is 10.2 Å². The average Bonchev–Trinajstić information content (AvgIpc) is 3.31. The Kier molecular flexibility index (Phi) is 4.99. The number of carbonyl (C=O) groups is 1. The van der Waals surface area contributed by atoms with Gasteiger partial charge in [0, 0.05) is 56.0 Å². The topological polar surface area (TPSA) is 48.5 Å². The summed E-state index contributed by atoms with van der Waals surface area (Å²) in [5.74, 6) is 1.97. The summed E-state index contributed by atoms with van der Waals surface area (Å²) >= 11 is 6.36. The van der Waals surface area contributed by atoms with Crippen molar-refractivity contribution < 1.29 is 4.79 Å². The molecule has 4 heterocycles. The Morgan fingerprint density at radius 2 is 1.93 bits per heavy atom. The smallest absolute Gasteiger partial charge is 0.246 e. The van der Waals surface area contributed by atoms with Gasteiger partial charge in [0.15, 0.2) is 0 Å². The Labute approximate surface area is 182 Å². The monoisotopic (exact) mass is 420 g/mol. The van der Waals surface area contributed by atoms with E-state index in [0.717, 1.165) is 66.8 Å². The first-order chi connectivity index (χ1) is 14.6. The number of aryl methyl sites for hydroxylation is 1. The molecule has 5 rings (SSSR count). The molecule has 154 valence electrons.